The molecule has 0 saturated heterocycles. The van der Waals surface area contributed by atoms with E-state index in [0.717, 1.165) is 0 Å². The van der Waals surface area contributed by atoms with Gasteiger partial charge in [-0.25, -0.2) is 4.98 Å². The van der Waals surface area contributed by atoms with Crippen LogP contribution in [0.4, 0.5) is 0 Å². The summed E-state index contributed by atoms with van der Waals surface area (Å²) in [5.41, 5.74) is 0.469. The topological polar surface area (TPSA) is 65.8 Å². The number of hydrogen-bond donors (Lipinski definition) is 1. The Hall–Kier alpha value is -1.60. The normalized spacial score (nSPS) is 9.33. The molecule has 0 spiro atoms. The van der Waals surface area contributed by atoms with Gasteiger partial charge in [0.1, 0.15) is 5.15 Å². The maximum atomic E-state index is 11.4. The summed E-state index contributed by atoms with van der Waals surface area (Å²) in [6.45, 7) is 0.495. The second-order valence-corrected chi connectivity index (χ2v) is 3.27. The fraction of sp³-hybridized carbons (Fsp3) is 0.300. The average molecular weight is 224 g/mol. The van der Waals surface area contributed by atoms with Crippen molar-refractivity contribution in [3.05, 3.63) is 29.0 Å². The minimum absolute atomic E-state index is 0.197. The molecule has 0 aromatic carbocycles. The molecule has 0 saturated carbocycles. The van der Waals surface area contributed by atoms with Crippen molar-refractivity contribution in [3.8, 4) is 6.07 Å². The molecule has 0 aliphatic rings. The van der Waals surface area contributed by atoms with E-state index in [1.54, 1.807) is 12.1 Å². The zero-order chi connectivity index (χ0) is 11.1. The van der Waals surface area contributed by atoms with Gasteiger partial charge in [-0.1, -0.05) is 11.6 Å². The lowest BCUT2D eigenvalue weighted by molar-refractivity contribution is 0.0953. The highest BCUT2D eigenvalue weighted by Gasteiger charge is 2.04. The third-order valence-corrected chi connectivity index (χ3v) is 1.96. The van der Waals surface area contributed by atoms with Crippen molar-refractivity contribution in [2.75, 3.05) is 6.54 Å². The van der Waals surface area contributed by atoms with Crippen molar-refractivity contribution in [2.45, 2.75) is 12.8 Å². The molecule has 0 radical (unpaired) electrons. The quantitative estimate of drug-likeness (QED) is 0.625. The SMILES string of the molecule is N#CCCCNC(=O)c1ccc(Cl)nc1. The number of amides is 1. The minimum Gasteiger partial charge on any atom is -0.352 e. The van der Waals surface area contributed by atoms with E-state index in [9.17, 15) is 4.79 Å². The second-order valence-electron chi connectivity index (χ2n) is 2.89. The minimum atomic E-state index is -0.197. The van der Waals surface area contributed by atoms with Crippen LogP contribution in [0, 0.1) is 11.3 Å². The Morgan fingerprint density at radius 2 is 2.40 bits per heavy atom. The van der Waals surface area contributed by atoms with Crippen LogP contribution in [0.2, 0.25) is 5.15 Å². The lowest BCUT2D eigenvalue weighted by atomic mass is 10.2. The molecule has 1 N–H and O–H groups in total. The third kappa shape index (κ3) is 3.96. The Kier molecular flexibility index (Phi) is 4.58. The number of carbonyl (C=O) groups excluding carboxylic acids is 1. The summed E-state index contributed by atoms with van der Waals surface area (Å²) in [5.74, 6) is -0.197. The van der Waals surface area contributed by atoms with Gasteiger partial charge in [0, 0.05) is 19.2 Å². The van der Waals surface area contributed by atoms with Gasteiger partial charge in [0.2, 0.25) is 0 Å². The molecule has 0 bridgehead atoms. The van der Waals surface area contributed by atoms with Crippen LogP contribution in [-0.2, 0) is 0 Å². The summed E-state index contributed by atoms with van der Waals surface area (Å²) in [6.07, 6.45) is 2.52. The van der Waals surface area contributed by atoms with Gasteiger partial charge in [0.25, 0.3) is 5.91 Å². The molecule has 1 heterocycles. The van der Waals surface area contributed by atoms with Crippen molar-refractivity contribution in [1.29, 1.82) is 5.26 Å². The predicted octanol–water partition coefficient (Wildman–Crippen LogP) is 1.77. The molecule has 0 atom stereocenters. The molecule has 4 nitrogen and oxygen atoms in total. The van der Waals surface area contributed by atoms with Crippen LogP contribution in [0.1, 0.15) is 23.2 Å². The molecule has 0 aliphatic heterocycles. The van der Waals surface area contributed by atoms with Gasteiger partial charge in [-0.2, -0.15) is 5.26 Å². The van der Waals surface area contributed by atoms with E-state index in [1.807, 2.05) is 6.07 Å². The maximum absolute atomic E-state index is 11.4. The molecule has 15 heavy (non-hydrogen) atoms. The molecular formula is C10H10ClN3O. The van der Waals surface area contributed by atoms with Crippen molar-refractivity contribution >= 4 is 17.5 Å². The van der Waals surface area contributed by atoms with Gasteiger partial charge >= 0.3 is 0 Å². The molecule has 0 fully saturated rings. The Morgan fingerprint density at radius 3 is 3.00 bits per heavy atom. The van der Waals surface area contributed by atoms with Gasteiger partial charge in [-0.05, 0) is 18.6 Å². The van der Waals surface area contributed by atoms with Crippen LogP contribution in [-0.4, -0.2) is 17.4 Å². The zero-order valence-corrected chi connectivity index (χ0v) is 8.79. The molecule has 0 unspecified atom stereocenters. The van der Waals surface area contributed by atoms with Crippen LogP contribution in [0.5, 0.6) is 0 Å². The number of nitriles is 1. The first kappa shape index (κ1) is 11.5. The molecule has 1 aromatic rings. The fourth-order valence-corrected chi connectivity index (χ4v) is 1.09. The first-order valence-corrected chi connectivity index (χ1v) is 4.88. The largest absolute Gasteiger partial charge is 0.352 e. The van der Waals surface area contributed by atoms with E-state index in [2.05, 4.69) is 10.3 Å². The number of aromatic nitrogens is 1. The van der Waals surface area contributed by atoms with Crippen LogP contribution < -0.4 is 5.32 Å². The molecule has 1 amide bonds. The highest BCUT2D eigenvalue weighted by Crippen LogP contribution is 2.04. The van der Waals surface area contributed by atoms with E-state index in [4.69, 9.17) is 16.9 Å². The van der Waals surface area contributed by atoms with Gasteiger partial charge in [0.05, 0.1) is 11.6 Å². The second kappa shape index (κ2) is 5.99. The predicted molar refractivity (Wildman–Crippen MR) is 56.4 cm³/mol. The van der Waals surface area contributed by atoms with Crippen LogP contribution in [0.25, 0.3) is 0 Å². The van der Waals surface area contributed by atoms with Crippen LogP contribution >= 0.6 is 11.6 Å². The summed E-state index contributed by atoms with van der Waals surface area (Å²) in [4.78, 5) is 15.2. The number of hydrogen-bond acceptors (Lipinski definition) is 3. The fourth-order valence-electron chi connectivity index (χ4n) is 0.982. The summed E-state index contributed by atoms with van der Waals surface area (Å²) < 4.78 is 0. The number of halogens is 1. The molecule has 1 aromatic heterocycles. The van der Waals surface area contributed by atoms with Gasteiger partial charge < -0.3 is 5.32 Å². The molecular weight excluding hydrogens is 214 g/mol. The van der Waals surface area contributed by atoms with E-state index >= 15 is 0 Å². The number of nitrogens with zero attached hydrogens (tertiary/aromatic N) is 2. The summed E-state index contributed by atoms with van der Waals surface area (Å²) in [5, 5.41) is 11.3. The standard InChI is InChI=1S/C10H10ClN3O/c11-9-4-3-8(7-14-9)10(15)13-6-2-1-5-12/h3-4,7H,1-2,6H2,(H,13,15). The van der Waals surface area contributed by atoms with Gasteiger partial charge in [-0.15, -0.1) is 0 Å². The number of nitrogens with one attached hydrogen (secondary N) is 1. The Bertz CT molecular complexity index is 369. The van der Waals surface area contributed by atoms with E-state index in [1.165, 1.54) is 6.20 Å². The molecule has 5 heteroatoms. The number of rotatable bonds is 4. The summed E-state index contributed by atoms with van der Waals surface area (Å²) in [7, 11) is 0. The average Bonchev–Trinajstić information content (AvgIpc) is 2.25. The van der Waals surface area contributed by atoms with Crippen LogP contribution in [0.3, 0.4) is 0 Å². The van der Waals surface area contributed by atoms with Crippen molar-refractivity contribution in [3.63, 3.8) is 0 Å². The summed E-state index contributed by atoms with van der Waals surface area (Å²) >= 11 is 5.58. The Morgan fingerprint density at radius 1 is 1.60 bits per heavy atom. The van der Waals surface area contributed by atoms with Gasteiger partial charge in [0.15, 0.2) is 0 Å². The van der Waals surface area contributed by atoms with Crippen molar-refractivity contribution in [1.82, 2.24) is 10.3 Å². The monoisotopic (exact) mass is 223 g/mol. The lowest BCUT2D eigenvalue weighted by Crippen LogP contribution is -2.24. The molecule has 78 valence electrons. The number of pyridine rings is 1. The zero-order valence-electron chi connectivity index (χ0n) is 8.03. The highest BCUT2D eigenvalue weighted by molar-refractivity contribution is 6.29. The number of carbonyl (C=O) groups is 1. The van der Waals surface area contributed by atoms with Crippen LogP contribution in [0.15, 0.2) is 18.3 Å². The Labute approximate surface area is 92.9 Å². The summed E-state index contributed by atoms with van der Waals surface area (Å²) in [6, 6.07) is 5.17. The highest BCUT2D eigenvalue weighted by atomic mass is 35.5. The molecule has 1 rings (SSSR count). The first-order chi connectivity index (χ1) is 7.24. The van der Waals surface area contributed by atoms with E-state index in [0.29, 0.717) is 30.1 Å². The van der Waals surface area contributed by atoms with Crippen molar-refractivity contribution < 1.29 is 4.79 Å². The Balaban J connectivity index is 2.41. The first-order valence-electron chi connectivity index (χ1n) is 4.50. The number of unbranched alkanes of at least 4 members (excludes halogenated alkanes) is 1. The van der Waals surface area contributed by atoms with E-state index in [-0.39, 0.29) is 5.91 Å². The third-order valence-electron chi connectivity index (χ3n) is 1.74. The van der Waals surface area contributed by atoms with E-state index < -0.39 is 0 Å². The molecule has 0 aliphatic carbocycles. The lowest BCUT2D eigenvalue weighted by Gasteiger charge is -2.02. The maximum Gasteiger partial charge on any atom is 0.252 e. The smallest absolute Gasteiger partial charge is 0.252 e. The van der Waals surface area contributed by atoms with Gasteiger partial charge in [-0.3, -0.25) is 4.79 Å². The van der Waals surface area contributed by atoms with Crippen molar-refractivity contribution in [2.24, 2.45) is 0 Å².